The van der Waals surface area contributed by atoms with Gasteiger partial charge in [0.05, 0.1) is 19.8 Å². The fraction of sp³-hybridized carbons (Fsp3) is 0.857. The highest BCUT2D eigenvalue weighted by Gasteiger charge is 2.45. The summed E-state index contributed by atoms with van der Waals surface area (Å²) in [5, 5.41) is 0. The number of benzene rings is 1. The summed E-state index contributed by atoms with van der Waals surface area (Å²) >= 11 is 0. The Bertz CT molecular complexity index is 1130. The number of hydrogen-bond donors (Lipinski definition) is 1. The second-order valence-corrected chi connectivity index (χ2v) is 29.9. The van der Waals surface area contributed by atoms with Gasteiger partial charge in [0.15, 0.2) is 16.6 Å². The molecule has 1 aromatic rings. The molecule has 0 saturated carbocycles. The van der Waals surface area contributed by atoms with Crippen LogP contribution in [-0.4, -0.2) is 55.6 Å². The van der Waals surface area contributed by atoms with Gasteiger partial charge < -0.3 is 28.8 Å². The van der Waals surface area contributed by atoms with Crippen molar-refractivity contribution >= 4 is 22.6 Å². The minimum Gasteiger partial charge on any atom is -0.493 e. The monoisotopic (exact) mass is 850 g/mol. The summed E-state index contributed by atoms with van der Waals surface area (Å²) in [5.74, 6) is 1.11. The van der Waals surface area contributed by atoms with Crippen molar-refractivity contribution in [3.63, 3.8) is 0 Å². The van der Waals surface area contributed by atoms with Crippen molar-refractivity contribution < 1.29 is 27.9 Å². The van der Waals surface area contributed by atoms with Crippen LogP contribution in [0.3, 0.4) is 0 Å². The third-order valence-electron chi connectivity index (χ3n) is 12.8. The first-order valence-electron chi connectivity index (χ1n) is 24.2. The van der Waals surface area contributed by atoms with E-state index in [0.717, 1.165) is 49.5 Å². The number of hydrogen-bond acceptors (Lipinski definition) is 7. The van der Waals surface area contributed by atoms with E-state index in [1.165, 1.54) is 96.3 Å². The minimum absolute atomic E-state index is 0.129. The van der Waals surface area contributed by atoms with E-state index < -0.39 is 22.6 Å². The quantitative estimate of drug-likeness (QED) is 0.0405. The molecular weight excluding hydrogens is 755 g/mol. The van der Waals surface area contributed by atoms with E-state index in [4.69, 9.17) is 28.8 Å². The second-order valence-electron chi connectivity index (χ2n) is 19.0. The zero-order valence-corrected chi connectivity index (χ0v) is 42.2. The van der Waals surface area contributed by atoms with Gasteiger partial charge in [0.25, 0.3) is 0 Å². The molecule has 0 aliphatic rings. The highest BCUT2D eigenvalue weighted by molar-refractivity contribution is 6.78. The molecule has 7 nitrogen and oxygen atoms in total. The van der Waals surface area contributed by atoms with E-state index in [2.05, 4.69) is 83.1 Å². The molecular formula is C49H95NO6Si2. The molecule has 1 rings (SSSR count). The van der Waals surface area contributed by atoms with Crippen molar-refractivity contribution in [3.8, 4) is 11.5 Å². The van der Waals surface area contributed by atoms with E-state index in [-0.39, 0.29) is 13.2 Å². The lowest BCUT2D eigenvalue weighted by atomic mass is 10.1. The Balaban J connectivity index is 2.28. The zero-order valence-electron chi connectivity index (χ0n) is 40.2. The summed E-state index contributed by atoms with van der Waals surface area (Å²) < 4.78 is 31.2. The van der Waals surface area contributed by atoms with Crippen molar-refractivity contribution in [1.82, 2.24) is 0 Å². The summed E-state index contributed by atoms with van der Waals surface area (Å²) in [6.45, 7) is 31.7. The average Bonchev–Trinajstić information content (AvgIpc) is 3.16. The van der Waals surface area contributed by atoms with Crippen LogP contribution in [0.2, 0.25) is 33.2 Å². The van der Waals surface area contributed by atoms with Crippen molar-refractivity contribution in [3.05, 3.63) is 23.8 Å². The Morgan fingerprint density at radius 1 is 0.483 bits per heavy atom. The van der Waals surface area contributed by atoms with Gasteiger partial charge in [-0.05, 0) is 71.1 Å². The Labute approximate surface area is 361 Å². The number of carbonyl (C=O) groups excluding carboxylic acids is 1. The van der Waals surface area contributed by atoms with Crippen LogP contribution in [-0.2, 0) is 25.0 Å². The number of ether oxygens (including phenoxy) is 3. The third-order valence-corrected chi connectivity index (χ3v) is 25.1. The van der Waals surface area contributed by atoms with E-state index in [0.29, 0.717) is 46.5 Å². The summed E-state index contributed by atoms with van der Waals surface area (Å²) in [6.07, 6.45) is 22.2. The van der Waals surface area contributed by atoms with Crippen LogP contribution < -0.4 is 15.2 Å². The van der Waals surface area contributed by atoms with E-state index >= 15 is 0 Å². The lowest BCUT2D eigenvalue weighted by molar-refractivity contribution is -0.143. The van der Waals surface area contributed by atoms with Crippen molar-refractivity contribution in [1.29, 1.82) is 0 Å². The minimum atomic E-state index is -1.73. The van der Waals surface area contributed by atoms with Crippen molar-refractivity contribution in [2.24, 2.45) is 5.73 Å². The molecule has 0 radical (unpaired) electrons. The van der Waals surface area contributed by atoms with Crippen LogP contribution in [0.1, 0.15) is 204 Å². The van der Waals surface area contributed by atoms with Crippen LogP contribution in [0.15, 0.2) is 18.2 Å². The first-order valence-corrected chi connectivity index (χ1v) is 28.5. The molecule has 0 bridgehead atoms. The summed E-state index contributed by atoms with van der Waals surface area (Å²) in [6, 6.07) is 5.85. The fourth-order valence-corrected chi connectivity index (χ4v) is 20.8. The highest BCUT2D eigenvalue weighted by Crippen LogP contribution is 2.43. The first-order chi connectivity index (χ1) is 27.7. The van der Waals surface area contributed by atoms with E-state index in [1.807, 2.05) is 18.2 Å². The smallest absolute Gasteiger partial charge is 0.320 e. The van der Waals surface area contributed by atoms with Crippen LogP contribution >= 0.6 is 0 Å². The topological polar surface area (TPSA) is 89.2 Å². The normalized spacial score (nSPS) is 12.6. The molecule has 340 valence electrons. The number of unbranched alkanes of at least 4 members (excludes halogenated alkanes) is 16. The molecule has 0 amide bonds. The number of nitrogens with two attached hydrogens (primary N) is 1. The van der Waals surface area contributed by atoms with Crippen LogP contribution in [0, 0.1) is 0 Å². The van der Waals surface area contributed by atoms with Gasteiger partial charge in [0.2, 0.25) is 0 Å². The van der Waals surface area contributed by atoms with Crippen molar-refractivity contribution in [2.45, 2.75) is 239 Å². The molecule has 0 aliphatic heterocycles. The van der Waals surface area contributed by atoms with Gasteiger partial charge in [0.1, 0.15) is 18.1 Å². The van der Waals surface area contributed by atoms with Gasteiger partial charge in [-0.3, -0.25) is 4.79 Å². The number of rotatable bonds is 37. The largest absolute Gasteiger partial charge is 0.493 e. The molecule has 2 N–H and O–H groups in total. The predicted molar refractivity (Wildman–Crippen MR) is 253 cm³/mol. The molecule has 0 fully saturated rings. The molecule has 0 aliphatic carbocycles. The zero-order chi connectivity index (χ0) is 43.4. The van der Waals surface area contributed by atoms with Gasteiger partial charge in [-0.2, -0.15) is 0 Å². The van der Waals surface area contributed by atoms with E-state index in [9.17, 15) is 4.79 Å². The molecule has 0 atom stereocenters. The molecule has 58 heavy (non-hydrogen) atoms. The lowest BCUT2D eigenvalue weighted by Gasteiger charge is -2.42. The fourth-order valence-electron chi connectivity index (χ4n) is 9.85. The summed E-state index contributed by atoms with van der Waals surface area (Å²) in [7, 11) is -3.46. The van der Waals surface area contributed by atoms with E-state index in [1.54, 1.807) is 0 Å². The van der Waals surface area contributed by atoms with Crippen LogP contribution in [0.25, 0.3) is 0 Å². The van der Waals surface area contributed by atoms with Crippen LogP contribution in [0.5, 0.6) is 11.5 Å². The molecule has 0 spiro atoms. The molecule has 0 saturated heterocycles. The Morgan fingerprint density at radius 3 is 1.16 bits per heavy atom. The summed E-state index contributed by atoms with van der Waals surface area (Å²) in [5.41, 5.74) is 10.3. The SMILES string of the molecule is CC(C)[Si](OCCCCCCCCCCCOc1ccc(COC(=O)CN)c(OCCCCCCCCCCCO[Si](C(C)C)(C(C)C)C(C)C)c1)(C(C)C)C(C)C. The van der Waals surface area contributed by atoms with Gasteiger partial charge in [-0.15, -0.1) is 0 Å². The molecule has 0 unspecified atom stereocenters. The number of esters is 1. The Kier molecular flexibility index (Phi) is 29.6. The third kappa shape index (κ3) is 20.0. The number of carbonyl (C=O) groups is 1. The predicted octanol–water partition coefficient (Wildman–Crippen LogP) is 14.9. The molecule has 0 heterocycles. The first kappa shape index (κ1) is 54.6. The Hall–Kier alpha value is -1.40. The molecule has 0 aromatic heterocycles. The molecule has 9 heteroatoms. The standard InChI is InChI=1S/C49H95NO6Si2/c1-40(2)57(41(3)4,42(5)6)55-35-29-25-21-17-13-15-19-23-27-33-52-47-32-31-46(39-54-49(51)38-50)48(37-47)53-34-28-24-20-16-14-18-22-26-30-36-56-58(43(7)8,44(9)10)45(11)12/h31-32,37,40-45H,13-30,33-36,38-39,50H2,1-12H3. The second kappa shape index (κ2) is 31.5. The van der Waals surface area contributed by atoms with Gasteiger partial charge in [-0.1, -0.05) is 173 Å². The van der Waals surface area contributed by atoms with Gasteiger partial charge in [-0.25, -0.2) is 0 Å². The molecule has 1 aromatic carbocycles. The maximum atomic E-state index is 11.7. The Morgan fingerprint density at radius 2 is 0.810 bits per heavy atom. The lowest BCUT2D eigenvalue weighted by Crippen LogP contribution is -2.47. The van der Waals surface area contributed by atoms with Crippen LogP contribution in [0.4, 0.5) is 0 Å². The van der Waals surface area contributed by atoms with Crippen molar-refractivity contribution in [2.75, 3.05) is 33.0 Å². The van der Waals surface area contributed by atoms with Gasteiger partial charge in [0, 0.05) is 24.8 Å². The van der Waals surface area contributed by atoms with Gasteiger partial charge >= 0.3 is 5.97 Å². The average molecular weight is 850 g/mol. The maximum absolute atomic E-state index is 11.7. The summed E-state index contributed by atoms with van der Waals surface area (Å²) in [4.78, 5) is 11.7. The maximum Gasteiger partial charge on any atom is 0.320 e. The highest BCUT2D eigenvalue weighted by atomic mass is 28.4.